The molecule has 2 atom stereocenters. The van der Waals surface area contributed by atoms with E-state index < -0.39 is 24.1 Å². The molecular formula is C12H23N3O5. The number of urea groups is 1. The number of aliphatic hydroxyl groups excluding tert-OH is 1. The van der Waals surface area contributed by atoms with Crippen LogP contribution < -0.4 is 10.6 Å². The maximum Gasteiger partial charge on any atom is 0.328 e. The number of carboxylic acids is 1. The molecule has 8 nitrogen and oxygen atoms in total. The van der Waals surface area contributed by atoms with Gasteiger partial charge < -0.3 is 25.7 Å². The van der Waals surface area contributed by atoms with Crippen molar-refractivity contribution < 1.29 is 24.6 Å². The molecule has 0 heterocycles. The summed E-state index contributed by atoms with van der Waals surface area (Å²) in [6.07, 6.45) is -1.24. The average Bonchev–Trinajstić information content (AvgIpc) is 2.32. The van der Waals surface area contributed by atoms with Gasteiger partial charge in [-0.1, -0.05) is 13.8 Å². The highest BCUT2D eigenvalue weighted by Gasteiger charge is 2.26. The number of rotatable bonds is 7. The molecule has 0 saturated carbocycles. The monoisotopic (exact) mass is 289 g/mol. The molecule has 0 saturated heterocycles. The lowest BCUT2D eigenvalue weighted by atomic mass is 10.2. The average molecular weight is 289 g/mol. The van der Waals surface area contributed by atoms with Crippen LogP contribution in [0.1, 0.15) is 20.8 Å². The normalized spacial score (nSPS) is 13.5. The number of aliphatic hydroxyl groups is 1. The number of aliphatic carboxylic acids is 1. The summed E-state index contributed by atoms with van der Waals surface area (Å²) in [5.74, 6) is -1.38. The van der Waals surface area contributed by atoms with Crippen LogP contribution in [-0.2, 0) is 9.59 Å². The molecule has 4 N–H and O–H groups in total. The first-order valence-electron chi connectivity index (χ1n) is 6.34. The van der Waals surface area contributed by atoms with E-state index in [-0.39, 0.29) is 12.5 Å². The van der Waals surface area contributed by atoms with E-state index >= 15 is 0 Å². The van der Waals surface area contributed by atoms with Gasteiger partial charge in [0.15, 0.2) is 6.04 Å². The van der Waals surface area contributed by atoms with E-state index in [9.17, 15) is 19.5 Å². The number of nitrogens with zero attached hydrogens (tertiary/aromatic N) is 1. The molecule has 20 heavy (non-hydrogen) atoms. The first kappa shape index (κ1) is 18.2. The van der Waals surface area contributed by atoms with Crippen LogP contribution in [0.4, 0.5) is 4.79 Å². The van der Waals surface area contributed by atoms with Gasteiger partial charge in [0.2, 0.25) is 5.91 Å². The molecule has 8 heteroatoms. The van der Waals surface area contributed by atoms with Gasteiger partial charge in [-0.05, 0) is 12.8 Å². The molecule has 0 bridgehead atoms. The van der Waals surface area contributed by atoms with E-state index in [0.29, 0.717) is 12.5 Å². The van der Waals surface area contributed by atoms with Gasteiger partial charge in [0.05, 0.1) is 6.10 Å². The molecule has 0 fully saturated rings. The van der Waals surface area contributed by atoms with Gasteiger partial charge in [-0.25, -0.2) is 9.59 Å². The smallest absolute Gasteiger partial charge is 0.328 e. The fourth-order valence-corrected chi connectivity index (χ4v) is 1.29. The fourth-order valence-electron chi connectivity index (χ4n) is 1.29. The van der Waals surface area contributed by atoms with Gasteiger partial charge in [-0.3, -0.25) is 4.79 Å². The number of carboxylic acid groups (broad SMARTS) is 1. The number of likely N-dealkylation sites (N-methyl/N-ethyl adjacent to an activating group) is 1. The van der Waals surface area contributed by atoms with Crippen molar-refractivity contribution in [2.45, 2.75) is 32.9 Å². The Balaban J connectivity index is 4.33. The molecule has 0 aliphatic carbocycles. The van der Waals surface area contributed by atoms with Crippen molar-refractivity contribution in [3.8, 4) is 0 Å². The number of nitrogens with one attached hydrogen (secondary N) is 2. The molecule has 0 aliphatic heterocycles. The second-order valence-electron chi connectivity index (χ2n) is 5.06. The van der Waals surface area contributed by atoms with Gasteiger partial charge in [-0.2, -0.15) is 0 Å². The molecular weight excluding hydrogens is 266 g/mol. The third kappa shape index (κ3) is 6.93. The Morgan fingerprint density at radius 1 is 1.20 bits per heavy atom. The standard InChI is InChI=1S/C12H23N3O5/c1-7(2)5-13-9(17)6-15(4)12(20)14-10(8(3)16)11(18)19/h7-8,10,16H,5-6H2,1-4H3,(H,13,17)(H,14,20)(H,18,19)/t8-,10+/m1/s1. The van der Waals surface area contributed by atoms with Crippen LogP contribution in [-0.4, -0.2) is 65.3 Å². The van der Waals surface area contributed by atoms with Crippen molar-refractivity contribution in [3.05, 3.63) is 0 Å². The number of hydrogen-bond acceptors (Lipinski definition) is 4. The second kappa shape index (κ2) is 8.36. The van der Waals surface area contributed by atoms with Crippen molar-refractivity contribution in [1.29, 1.82) is 0 Å². The molecule has 0 aliphatic rings. The van der Waals surface area contributed by atoms with Gasteiger partial charge >= 0.3 is 12.0 Å². The minimum atomic E-state index is -1.41. The van der Waals surface area contributed by atoms with Gasteiger partial charge in [-0.15, -0.1) is 0 Å². The highest BCUT2D eigenvalue weighted by atomic mass is 16.4. The number of carbonyl (C=O) groups excluding carboxylic acids is 2. The maximum absolute atomic E-state index is 11.7. The van der Waals surface area contributed by atoms with Crippen molar-refractivity contribution >= 4 is 17.9 Å². The van der Waals surface area contributed by atoms with E-state index in [1.54, 1.807) is 0 Å². The van der Waals surface area contributed by atoms with E-state index in [1.165, 1.54) is 14.0 Å². The second-order valence-corrected chi connectivity index (χ2v) is 5.06. The fraction of sp³-hybridized carbons (Fsp3) is 0.750. The van der Waals surface area contributed by atoms with E-state index in [0.717, 1.165) is 4.90 Å². The number of carbonyl (C=O) groups is 3. The lowest BCUT2D eigenvalue weighted by molar-refractivity contribution is -0.141. The van der Waals surface area contributed by atoms with Gasteiger partial charge in [0.25, 0.3) is 0 Å². The number of hydrogen-bond donors (Lipinski definition) is 4. The summed E-state index contributed by atoms with van der Waals surface area (Å²) >= 11 is 0. The first-order valence-corrected chi connectivity index (χ1v) is 6.34. The van der Waals surface area contributed by atoms with Gasteiger partial charge in [0, 0.05) is 13.6 Å². The molecule has 116 valence electrons. The van der Waals surface area contributed by atoms with Crippen molar-refractivity contribution in [1.82, 2.24) is 15.5 Å². The molecule has 3 amide bonds. The minimum Gasteiger partial charge on any atom is -0.480 e. The highest BCUT2D eigenvalue weighted by Crippen LogP contribution is 1.95. The Kier molecular flexibility index (Phi) is 7.60. The van der Waals surface area contributed by atoms with Crippen LogP contribution >= 0.6 is 0 Å². The predicted octanol–water partition coefficient (Wildman–Crippen LogP) is -0.766. The highest BCUT2D eigenvalue weighted by molar-refractivity contribution is 5.86. The Morgan fingerprint density at radius 2 is 1.75 bits per heavy atom. The molecule has 0 rings (SSSR count). The van der Waals surface area contributed by atoms with Crippen molar-refractivity contribution in [2.24, 2.45) is 5.92 Å². The van der Waals surface area contributed by atoms with E-state index in [4.69, 9.17) is 5.11 Å². The zero-order valence-electron chi connectivity index (χ0n) is 12.2. The SMILES string of the molecule is CC(C)CNC(=O)CN(C)C(=O)N[C@H](C(=O)O)[C@@H](C)O. The molecule has 0 unspecified atom stereocenters. The summed E-state index contributed by atoms with van der Waals surface area (Å²) in [5.41, 5.74) is 0. The summed E-state index contributed by atoms with van der Waals surface area (Å²) in [6, 6.07) is -2.15. The molecule has 0 aromatic heterocycles. The summed E-state index contributed by atoms with van der Waals surface area (Å²) in [6.45, 7) is 5.45. The zero-order chi connectivity index (χ0) is 15.9. The zero-order valence-corrected chi connectivity index (χ0v) is 12.2. The third-order valence-electron chi connectivity index (χ3n) is 2.46. The van der Waals surface area contributed by atoms with Crippen LogP contribution in [0.2, 0.25) is 0 Å². The quantitative estimate of drug-likeness (QED) is 0.491. The maximum atomic E-state index is 11.7. The Bertz CT molecular complexity index is 357. The lowest BCUT2D eigenvalue weighted by Gasteiger charge is -2.22. The Morgan fingerprint density at radius 3 is 2.15 bits per heavy atom. The Hall–Kier alpha value is -1.83. The summed E-state index contributed by atoms with van der Waals surface area (Å²) in [5, 5.41) is 22.9. The summed E-state index contributed by atoms with van der Waals surface area (Å²) < 4.78 is 0. The number of amides is 3. The summed E-state index contributed by atoms with van der Waals surface area (Å²) in [4.78, 5) is 35.1. The molecule has 0 aromatic carbocycles. The van der Waals surface area contributed by atoms with Crippen LogP contribution in [0.3, 0.4) is 0 Å². The summed E-state index contributed by atoms with van der Waals surface area (Å²) in [7, 11) is 1.37. The first-order chi connectivity index (χ1) is 9.15. The third-order valence-corrected chi connectivity index (χ3v) is 2.46. The van der Waals surface area contributed by atoms with Crippen LogP contribution in [0.5, 0.6) is 0 Å². The topological polar surface area (TPSA) is 119 Å². The lowest BCUT2D eigenvalue weighted by Crippen LogP contribution is -2.53. The molecule has 0 radical (unpaired) electrons. The Labute approximate surface area is 118 Å². The predicted molar refractivity (Wildman–Crippen MR) is 72.1 cm³/mol. The van der Waals surface area contributed by atoms with Crippen molar-refractivity contribution in [3.63, 3.8) is 0 Å². The van der Waals surface area contributed by atoms with Gasteiger partial charge in [0.1, 0.15) is 6.54 Å². The van der Waals surface area contributed by atoms with Crippen molar-refractivity contribution in [2.75, 3.05) is 20.1 Å². The minimum absolute atomic E-state index is 0.190. The van der Waals surface area contributed by atoms with Crippen LogP contribution in [0.25, 0.3) is 0 Å². The van der Waals surface area contributed by atoms with Crippen LogP contribution in [0, 0.1) is 5.92 Å². The largest absolute Gasteiger partial charge is 0.480 e. The van der Waals surface area contributed by atoms with E-state index in [2.05, 4.69) is 10.6 Å². The molecule has 0 spiro atoms. The van der Waals surface area contributed by atoms with Crippen LogP contribution in [0.15, 0.2) is 0 Å². The van der Waals surface area contributed by atoms with E-state index in [1.807, 2.05) is 13.8 Å². The molecule has 0 aromatic rings.